The Morgan fingerprint density at radius 3 is 2.60 bits per heavy atom. The Kier molecular flexibility index (Phi) is 4.05. The first-order valence-corrected chi connectivity index (χ1v) is 6.30. The summed E-state index contributed by atoms with van der Waals surface area (Å²) in [5.41, 5.74) is 7.69. The van der Waals surface area contributed by atoms with Crippen LogP contribution in [-0.2, 0) is 11.3 Å². The number of carbonyl (C=O) groups excluding carboxylic acids is 1. The summed E-state index contributed by atoms with van der Waals surface area (Å²) < 4.78 is 6.60. The number of imidazole rings is 1. The average molecular weight is 275 g/mol. The van der Waals surface area contributed by atoms with E-state index in [1.54, 1.807) is 30.5 Å². The van der Waals surface area contributed by atoms with Crippen LogP contribution in [0.2, 0.25) is 0 Å². The van der Waals surface area contributed by atoms with Crippen LogP contribution in [0.5, 0.6) is 0 Å². The largest absolute Gasteiger partial charge is 0.461 e. The first-order chi connectivity index (χ1) is 9.58. The molecule has 0 radical (unpaired) electrons. The molecule has 0 saturated heterocycles. The number of aromatic nitrogens is 2. The van der Waals surface area contributed by atoms with Gasteiger partial charge in [-0.1, -0.05) is 12.1 Å². The molecule has 0 spiro atoms. The minimum atomic E-state index is -0.529. The molecule has 0 amide bonds. The van der Waals surface area contributed by atoms with E-state index in [0.29, 0.717) is 5.82 Å². The Hall–Kier alpha value is -2.34. The Bertz CT molecular complexity index is 617. The van der Waals surface area contributed by atoms with Crippen molar-refractivity contribution in [1.29, 1.82) is 0 Å². The number of aliphatic hydroxyl groups excluding tert-OH is 1. The Labute approximate surface area is 116 Å². The molecule has 6 nitrogen and oxygen atoms in total. The number of nitrogens with zero attached hydrogens (tertiary/aromatic N) is 2. The third-order valence-corrected chi connectivity index (χ3v) is 2.93. The number of aryl methyl sites for hydroxylation is 1. The van der Waals surface area contributed by atoms with Crippen molar-refractivity contribution in [2.45, 2.75) is 20.5 Å². The van der Waals surface area contributed by atoms with Crippen LogP contribution in [0.3, 0.4) is 0 Å². The fourth-order valence-corrected chi connectivity index (χ4v) is 1.98. The van der Waals surface area contributed by atoms with Crippen LogP contribution in [-0.4, -0.2) is 27.2 Å². The SMILES string of the molecule is CCOC(=O)c1nc(C)n(-c2ccc(CO)cc2)c1N. The fourth-order valence-electron chi connectivity index (χ4n) is 1.98. The van der Waals surface area contributed by atoms with Crippen molar-refractivity contribution in [1.82, 2.24) is 9.55 Å². The van der Waals surface area contributed by atoms with Crippen LogP contribution in [0.4, 0.5) is 5.82 Å². The van der Waals surface area contributed by atoms with E-state index >= 15 is 0 Å². The van der Waals surface area contributed by atoms with E-state index in [9.17, 15) is 4.79 Å². The number of hydrogen-bond acceptors (Lipinski definition) is 5. The zero-order chi connectivity index (χ0) is 14.7. The van der Waals surface area contributed by atoms with E-state index in [1.807, 2.05) is 12.1 Å². The van der Waals surface area contributed by atoms with Gasteiger partial charge < -0.3 is 15.6 Å². The Balaban J connectivity index is 2.43. The summed E-state index contributed by atoms with van der Waals surface area (Å²) in [7, 11) is 0. The van der Waals surface area contributed by atoms with Crippen molar-refractivity contribution in [2.75, 3.05) is 12.3 Å². The molecule has 0 unspecified atom stereocenters. The number of ether oxygens (including phenoxy) is 1. The average Bonchev–Trinajstić information content (AvgIpc) is 2.75. The second kappa shape index (κ2) is 5.75. The molecule has 2 aromatic rings. The smallest absolute Gasteiger partial charge is 0.360 e. The number of nitrogens with two attached hydrogens (primary N) is 1. The predicted octanol–water partition coefficient (Wildman–Crippen LogP) is 1.43. The van der Waals surface area contributed by atoms with E-state index < -0.39 is 5.97 Å². The molecule has 0 saturated carbocycles. The lowest BCUT2D eigenvalue weighted by molar-refractivity contribution is 0.0521. The number of hydrogen-bond donors (Lipinski definition) is 2. The maximum atomic E-state index is 11.8. The van der Waals surface area contributed by atoms with E-state index in [0.717, 1.165) is 11.3 Å². The van der Waals surface area contributed by atoms with Crippen LogP contribution < -0.4 is 5.73 Å². The van der Waals surface area contributed by atoms with Gasteiger partial charge in [0, 0.05) is 5.69 Å². The summed E-state index contributed by atoms with van der Waals surface area (Å²) in [6.45, 7) is 3.74. The molecular weight excluding hydrogens is 258 g/mol. The van der Waals surface area contributed by atoms with Crippen molar-refractivity contribution in [3.8, 4) is 5.69 Å². The number of aliphatic hydroxyl groups is 1. The number of anilines is 1. The minimum Gasteiger partial charge on any atom is -0.461 e. The van der Waals surface area contributed by atoms with Gasteiger partial charge in [-0.15, -0.1) is 0 Å². The van der Waals surface area contributed by atoms with Crippen molar-refractivity contribution < 1.29 is 14.6 Å². The molecule has 106 valence electrons. The molecule has 1 heterocycles. The third kappa shape index (κ3) is 2.50. The van der Waals surface area contributed by atoms with Gasteiger partial charge in [0.2, 0.25) is 0 Å². The van der Waals surface area contributed by atoms with Crippen molar-refractivity contribution >= 4 is 11.8 Å². The zero-order valence-corrected chi connectivity index (χ0v) is 11.5. The minimum absolute atomic E-state index is 0.0211. The maximum absolute atomic E-state index is 11.8. The summed E-state index contributed by atoms with van der Waals surface area (Å²) >= 11 is 0. The lowest BCUT2D eigenvalue weighted by Gasteiger charge is -2.08. The van der Waals surface area contributed by atoms with Gasteiger partial charge in [0.05, 0.1) is 13.2 Å². The summed E-state index contributed by atoms with van der Waals surface area (Å²) in [5, 5.41) is 9.04. The molecule has 1 aromatic carbocycles. The molecule has 6 heteroatoms. The number of benzene rings is 1. The molecule has 0 aliphatic heterocycles. The number of esters is 1. The molecule has 0 atom stereocenters. The molecule has 0 aliphatic rings. The van der Waals surface area contributed by atoms with Crippen LogP contribution in [0.25, 0.3) is 5.69 Å². The van der Waals surface area contributed by atoms with Crippen molar-refractivity contribution in [3.05, 3.63) is 41.3 Å². The lowest BCUT2D eigenvalue weighted by Crippen LogP contribution is -2.09. The quantitative estimate of drug-likeness (QED) is 0.824. The standard InChI is InChI=1S/C14H17N3O3/c1-3-20-14(19)12-13(15)17(9(2)16-12)11-6-4-10(8-18)5-7-11/h4-7,18H,3,8,15H2,1-2H3. The van der Waals surface area contributed by atoms with E-state index in [2.05, 4.69) is 4.98 Å². The van der Waals surface area contributed by atoms with E-state index in [1.165, 1.54) is 0 Å². The highest BCUT2D eigenvalue weighted by molar-refractivity contribution is 5.92. The van der Waals surface area contributed by atoms with Crippen molar-refractivity contribution in [3.63, 3.8) is 0 Å². The normalized spacial score (nSPS) is 10.6. The molecular formula is C14H17N3O3. The molecule has 0 bridgehead atoms. The van der Waals surface area contributed by atoms with Crippen LogP contribution in [0, 0.1) is 6.92 Å². The van der Waals surface area contributed by atoms with Gasteiger partial charge in [-0.05, 0) is 31.5 Å². The first kappa shape index (κ1) is 14.1. The highest BCUT2D eigenvalue weighted by Gasteiger charge is 2.20. The molecule has 2 rings (SSSR count). The molecule has 3 N–H and O–H groups in total. The molecule has 20 heavy (non-hydrogen) atoms. The second-order valence-electron chi connectivity index (χ2n) is 4.27. The topological polar surface area (TPSA) is 90.4 Å². The molecule has 0 aliphatic carbocycles. The zero-order valence-electron chi connectivity index (χ0n) is 11.5. The van der Waals surface area contributed by atoms with Crippen LogP contribution in [0.15, 0.2) is 24.3 Å². The maximum Gasteiger partial charge on any atom is 0.360 e. The van der Waals surface area contributed by atoms with Gasteiger partial charge in [0.15, 0.2) is 5.69 Å². The lowest BCUT2D eigenvalue weighted by atomic mass is 10.2. The monoisotopic (exact) mass is 275 g/mol. The number of carbonyl (C=O) groups is 1. The summed E-state index contributed by atoms with van der Waals surface area (Å²) in [5.74, 6) is 0.318. The summed E-state index contributed by atoms with van der Waals surface area (Å²) in [6, 6.07) is 7.20. The van der Waals surface area contributed by atoms with Crippen molar-refractivity contribution in [2.24, 2.45) is 0 Å². The summed E-state index contributed by atoms with van der Waals surface area (Å²) in [6.07, 6.45) is 0. The van der Waals surface area contributed by atoms with Gasteiger partial charge in [0.1, 0.15) is 11.6 Å². The molecule has 0 fully saturated rings. The fraction of sp³-hybridized carbons (Fsp3) is 0.286. The van der Waals surface area contributed by atoms with Gasteiger partial charge in [-0.3, -0.25) is 4.57 Å². The number of rotatable bonds is 4. The van der Waals surface area contributed by atoms with Crippen LogP contribution >= 0.6 is 0 Å². The third-order valence-electron chi connectivity index (χ3n) is 2.93. The van der Waals surface area contributed by atoms with Gasteiger partial charge in [0.25, 0.3) is 0 Å². The van der Waals surface area contributed by atoms with Crippen LogP contribution in [0.1, 0.15) is 28.8 Å². The predicted molar refractivity (Wildman–Crippen MR) is 74.6 cm³/mol. The van der Waals surface area contributed by atoms with Gasteiger partial charge in [-0.25, -0.2) is 9.78 Å². The Morgan fingerprint density at radius 2 is 2.05 bits per heavy atom. The second-order valence-corrected chi connectivity index (χ2v) is 4.27. The highest BCUT2D eigenvalue weighted by atomic mass is 16.5. The van der Waals surface area contributed by atoms with E-state index in [-0.39, 0.29) is 24.7 Å². The molecule has 1 aromatic heterocycles. The first-order valence-electron chi connectivity index (χ1n) is 6.30. The highest BCUT2D eigenvalue weighted by Crippen LogP contribution is 2.21. The van der Waals surface area contributed by atoms with Gasteiger partial charge in [-0.2, -0.15) is 0 Å². The Morgan fingerprint density at radius 1 is 1.40 bits per heavy atom. The van der Waals surface area contributed by atoms with Gasteiger partial charge >= 0.3 is 5.97 Å². The number of nitrogen functional groups attached to an aromatic ring is 1. The summed E-state index contributed by atoms with van der Waals surface area (Å²) in [4.78, 5) is 15.9. The van der Waals surface area contributed by atoms with E-state index in [4.69, 9.17) is 15.6 Å².